The topological polar surface area (TPSA) is 65.8 Å². The van der Waals surface area contributed by atoms with Gasteiger partial charge in [0, 0.05) is 49.4 Å². The molecule has 2 fully saturated rings. The lowest BCUT2D eigenvalue weighted by Gasteiger charge is -2.37. The Kier molecular flexibility index (Phi) is 6.08. The summed E-state index contributed by atoms with van der Waals surface area (Å²) in [5, 5.41) is 2.58. The van der Waals surface area contributed by atoms with Crippen molar-refractivity contribution in [1.29, 1.82) is 0 Å². The predicted molar refractivity (Wildman–Crippen MR) is 123 cm³/mol. The maximum atomic E-state index is 12.8. The van der Waals surface area contributed by atoms with E-state index in [9.17, 15) is 9.59 Å². The van der Waals surface area contributed by atoms with Crippen LogP contribution in [0.1, 0.15) is 30.0 Å². The van der Waals surface area contributed by atoms with Crippen LogP contribution in [-0.4, -0.2) is 58.2 Å². The molecule has 0 saturated carbocycles. The normalized spacial score (nSPS) is 19.0. The number of amides is 2. The molecule has 2 aliphatic rings. The van der Waals surface area contributed by atoms with Gasteiger partial charge in [-0.1, -0.05) is 36.1 Å². The van der Waals surface area contributed by atoms with Crippen LogP contribution in [0.2, 0.25) is 0 Å². The quantitative estimate of drug-likeness (QED) is 0.578. The summed E-state index contributed by atoms with van der Waals surface area (Å²) >= 11 is 6.22. The van der Waals surface area contributed by atoms with Gasteiger partial charge in [-0.15, -0.1) is 0 Å². The summed E-state index contributed by atoms with van der Waals surface area (Å²) in [4.78, 5) is 29.4. The van der Waals surface area contributed by atoms with Gasteiger partial charge < -0.3 is 14.6 Å². The van der Waals surface area contributed by atoms with Gasteiger partial charge in [0.15, 0.2) is 0 Å². The van der Waals surface area contributed by atoms with Crippen molar-refractivity contribution in [3.8, 4) is 11.3 Å². The smallest absolute Gasteiger partial charge is 0.263 e. The Morgan fingerprint density at radius 3 is 2.43 bits per heavy atom. The molecule has 0 aliphatic carbocycles. The van der Waals surface area contributed by atoms with E-state index >= 15 is 0 Å². The molecule has 4 rings (SSSR count). The molecule has 0 spiro atoms. The number of thioether (sulfide) groups is 1. The summed E-state index contributed by atoms with van der Waals surface area (Å²) in [7, 11) is 0. The number of nitrogens with one attached hydrogen (secondary N) is 1. The average Bonchev–Trinajstić information content (AvgIpc) is 3.33. The molecule has 2 amide bonds. The number of furan rings is 1. The fourth-order valence-corrected chi connectivity index (χ4v) is 4.56. The molecule has 2 saturated heterocycles. The highest BCUT2D eigenvalue weighted by Gasteiger charge is 2.24. The molecule has 156 valence electrons. The molecule has 1 aromatic heterocycles. The van der Waals surface area contributed by atoms with Crippen molar-refractivity contribution < 1.29 is 14.0 Å². The van der Waals surface area contributed by atoms with Crippen LogP contribution in [0.4, 0.5) is 0 Å². The van der Waals surface area contributed by atoms with Crippen molar-refractivity contribution in [2.75, 3.05) is 26.2 Å². The van der Waals surface area contributed by atoms with E-state index in [2.05, 4.69) is 24.1 Å². The number of benzene rings is 1. The minimum atomic E-state index is -0.208. The predicted octanol–water partition coefficient (Wildman–Crippen LogP) is 3.60. The lowest BCUT2D eigenvalue weighted by molar-refractivity contribution is -0.115. The maximum Gasteiger partial charge on any atom is 0.263 e. The summed E-state index contributed by atoms with van der Waals surface area (Å²) in [6.45, 7) is 7.69. The van der Waals surface area contributed by atoms with E-state index in [1.165, 1.54) is 11.8 Å². The second-order valence-corrected chi connectivity index (χ2v) is 9.27. The number of hydrogen-bond acceptors (Lipinski definition) is 6. The zero-order valence-electron chi connectivity index (χ0n) is 16.9. The number of nitrogens with zero attached hydrogens (tertiary/aromatic N) is 2. The first kappa shape index (κ1) is 20.8. The number of carbonyl (C=O) groups excluding carboxylic acids is 2. The molecule has 30 heavy (non-hydrogen) atoms. The molecular weight excluding hydrogens is 418 g/mol. The highest BCUT2D eigenvalue weighted by molar-refractivity contribution is 8.26. The first-order chi connectivity index (χ1) is 14.4. The van der Waals surface area contributed by atoms with E-state index in [1.54, 1.807) is 6.08 Å². The number of rotatable bonds is 4. The molecule has 1 aromatic carbocycles. The molecular formula is C22H23N3O3S2. The van der Waals surface area contributed by atoms with Gasteiger partial charge in [0.05, 0.1) is 4.91 Å². The third kappa shape index (κ3) is 4.50. The molecule has 2 aliphatic heterocycles. The van der Waals surface area contributed by atoms with Crippen molar-refractivity contribution in [3.63, 3.8) is 0 Å². The first-order valence-electron chi connectivity index (χ1n) is 9.89. The van der Waals surface area contributed by atoms with Gasteiger partial charge in [0.1, 0.15) is 15.8 Å². The largest absolute Gasteiger partial charge is 0.457 e. The molecule has 8 heteroatoms. The second kappa shape index (κ2) is 8.75. The van der Waals surface area contributed by atoms with E-state index in [0.717, 1.165) is 31.7 Å². The minimum Gasteiger partial charge on any atom is -0.457 e. The van der Waals surface area contributed by atoms with Gasteiger partial charge in [-0.2, -0.15) is 0 Å². The number of carbonyl (C=O) groups is 2. The zero-order valence-corrected chi connectivity index (χ0v) is 18.5. The van der Waals surface area contributed by atoms with E-state index < -0.39 is 0 Å². The Morgan fingerprint density at radius 1 is 1.13 bits per heavy atom. The van der Waals surface area contributed by atoms with E-state index in [0.29, 0.717) is 32.4 Å². The van der Waals surface area contributed by atoms with Crippen molar-refractivity contribution >= 4 is 46.2 Å². The van der Waals surface area contributed by atoms with Crippen LogP contribution in [0.3, 0.4) is 0 Å². The fourth-order valence-electron chi connectivity index (χ4n) is 3.54. The van der Waals surface area contributed by atoms with Crippen molar-refractivity contribution in [2.24, 2.45) is 0 Å². The van der Waals surface area contributed by atoms with Crippen LogP contribution in [0.15, 0.2) is 45.7 Å². The summed E-state index contributed by atoms with van der Waals surface area (Å²) < 4.78 is 6.30. The van der Waals surface area contributed by atoms with Crippen LogP contribution in [0.5, 0.6) is 0 Å². The zero-order chi connectivity index (χ0) is 21.3. The van der Waals surface area contributed by atoms with Crippen molar-refractivity contribution in [3.05, 3.63) is 52.6 Å². The van der Waals surface area contributed by atoms with Gasteiger partial charge in [-0.3, -0.25) is 14.5 Å². The summed E-state index contributed by atoms with van der Waals surface area (Å²) in [5.74, 6) is 1.11. The summed E-state index contributed by atoms with van der Waals surface area (Å²) in [6.07, 6.45) is 1.68. The fraction of sp³-hybridized carbons (Fsp3) is 0.318. The van der Waals surface area contributed by atoms with Crippen LogP contribution >= 0.6 is 24.0 Å². The van der Waals surface area contributed by atoms with Crippen LogP contribution < -0.4 is 5.32 Å². The molecule has 3 heterocycles. The Labute approximate surface area is 185 Å². The summed E-state index contributed by atoms with van der Waals surface area (Å²) in [6, 6.07) is 11.6. The molecule has 0 radical (unpaired) electrons. The third-order valence-corrected chi connectivity index (χ3v) is 6.45. The van der Waals surface area contributed by atoms with Gasteiger partial charge in [0.2, 0.25) is 0 Å². The van der Waals surface area contributed by atoms with E-state index in [-0.39, 0.29) is 11.8 Å². The number of thiocarbonyl (C=S) groups is 1. The summed E-state index contributed by atoms with van der Waals surface area (Å²) in [5.41, 5.74) is 1.55. The third-order valence-electron chi connectivity index (χ3n) is 5.29. The van der Waals surface area contributed by atoms with E-state index in [1.807, 2.05) is 41.3 Å². The number of hydrogen-bond donors (Lipinski definition) is 1. The van der Waals surface area contributed by atoms with Gasteiger partial charge in [0.25, 0.3) is 11.8 Å². The molecule has 2 aromatic rings. The van der Waals surface area contributed by atoms with Gasteiger partial charge in [-0.05, 0) is 38.1 Å². The molecule has 1 N–H and O–H groups in total. The van der Waals surface area contributed by atoms with Crippen molar-refractivity contribution in [1.82, 2.24) is 15.1 Å². The number of piperazine rings is 1. The van der Waals surface area contributed by atoms with Crippen LogP contribution in [0.25, 0.3) is 17.4 Å². The van der Waals surface area contributed by atoms with Crippen LogP contribution in [0, 0.1) is 0 Å². The van der Waals surface area contributed by atoms with Crippen molar-refractivity contribution in [2.45, 2.75) is 19.9 Å². The minimum absolute atomic E-state index is 0.0649. The molecule has 0 bridgehead atoms. The van der Waals surface area contributed by atoms with Crippen LogP contribution in [-0.2, 0) is 4.79 Å². The Hall–Kier alpha value is -2.42. The Bertz CT molecular complexity index is 1000. The molecule has 0 atom stereocenters. The van der Waals surface area contributed by atoms with E-state index in [4.69, 9.17) is 16.6 Å². The highest BCUT2D eigenvalue weighted by Crippen LogP contribution is 2.29. The molecule has 6 nitrogen and oxygen atoms in total. The monoisotopic (exact) mass is 441 g/mol. The second-order valence-electron chi connectivity index (χ2n) is 7.55. The standard InChI is InChI=1S/C22H23N3O3S2/c1-14(2)24-9-11-25(12-10-24)21(27)16-5-3-15(4-6-16)18-8-7-17(28-18)13-19-20(26)23-22(29)30-19/h3-8,13-14H,9-12H2,1-2H3,(H,23,26,29)/b19-13+. The van der Waals surface area contributed by atoms with Gasteiger partial charge in [-0.25, -0.2) is 0 Å². The lowest BCUT2D eigenvalue weighted by atomic mass is 10.1. The lowest BCUT2D eigenvalue weighted by Crippen LogP contribution is -2.50. The SMILES string of the molecule is CC(C)N1CCN(C(=O)c2ccc(-c3ccc(/C=C4/SC(=S)NC4=O)o3)cc2)CC1. The first-order valence-corrected chi connectivity index (χ1v) is 11.1. The Balaban J connectivity index is 1.42. The average molecular weight is 442 g/mol. The Morgan fingerprint density at radius 2 is 1.83 bits per heavy atom. The maximum absolute atomic E-state index is 12.8. The van der Waals surface area contributed by atoms with Gasteiger partial charge >= 0.3 is 0 Å². The highest BCUT2D eigenvalue weighted by atomic mass is 32.2. The molecule has 0 unspecified atom stereocenters.